The van der Waals surface area contributed by atoms with Gasteiger partial charge in [-0.25, -0.2) is 0 Å². The van der Waals surface area contributed by atoms with Gasteiger partial charge in [0, 0.05) is 28.3 Å². The van der Waals surface area contributed by atoms with Crippen LogP contribution in [-0.4, -0.2) is 18.9 Å². The van der Waals surface area contributed by atoms with Crippen LogP contribution in [0.15, 0.2) is 22.7 Å². The summed E-state index contributed by atoms with van der Waals surface area (Å²) in [5.41, 5.74) is 2.33. The normalized spacial score (nSPS) is 19.5. The molecule has 0 fully saturated rings. The molecule has 0 amide bonds. The van der Waals surface area contributed by atoms with Gasteiger partial charge in [-0.1, -0.05) is 22.0 Å². The maximum absolute atomic E-state index is 11.0. The molecular weight excluding hydrogens is 254 g/mol. The summed E-state index contributed by atoms with van der Waals surface area (Å²) >= 11 is 3.52. The van der Waals surface area contributed by atoms with Gasteiger partial charge in [0.1, 0.15) is 6.29 Å². The molecule has 0 N–H and O–H groups in total. The number of aldehydes is 1. The van der Waals surface area contributed by atoms with E-state index in [1.54, 1.807) is 0 Å². The Morgan fingerprint density at radius 3 is 2.87 bits per heavy atom. The van der Waals surface area contributed by atoms with Crippen LogP contribution in [0.2, 0.25) is 0 Å². The van der Waals surface area contributed by atoms with E-state index in [0.29, 0.717) is 6.04 Å². The third kappa shape index (κ3) is 1.69. The number of hydrogen-bond acceptors (Lipinski definition) is 2. The van der Waals surface area contributed by atoms with Crippen molar-refractivity contribution in [3.8, 4) is 0 Å². The molecule has 1 heterocycles. The lowest BCUT2D eigenvalue weighted by molar-refractivity contribution is -0.108. The molecular formula is C12H14BrNO. The fraction of sp³-hybridized carbons (Fsp3) is 0.417. The molecule has 0 saturated carbocycles. The molecule has 1 aliphatic rings. The number of hydrogen-bond donors (Lipinski definition) is 0. The summed E-state index contributed by atoms with van der Waals surface area (Å²) in [6.45, 7) is 5.11. The van der Waals surface area contributed by atoms with E-state index < -0.39 is 0 Å². The van der Waals surface area contributed by atoms with Crippen LogP contribution in [0.3, 0.4) is 0 Å². The van der Waals surface area contributed by atoms with Gasteiger partial charge in [-0.3, -0.25) is 0 Å². The minimum absolute atomic E-state index is 0.0120. The lowest BCUT2D eigenvalue weighted by atomic mass is 10.0. The molecule has 0 aliphatic carbocycles. The zero-order chi connectivity index (χ0) is 11.0. The quantitative estimate of drug-likeness (QED) is 0.768. The van der Waals surface area contributed by atoms with E-state index in [4.69, 9.17) is 0 Å². The van der Waals surface area contributed by atoms with Crippen LogP contribution < -0.4 is 4.90 Å². The summed E-state index contributed by atoms with van der Waals surface area (Å²) in [4.78, 5) is 13.3. The minimum atomic E-state index is 0.0120. The maximum Gasteiger partial charge on any atom is 0.129 e. The lowest BCUT2D eigenvalue weighted by Crippen LogP contribution is -2.29. The summed E-state index contributed by atoms with van der Waals surface area (Å²) < 4.78 is 1.04. The van der Waals surface area contributed by atoms with Gasteiger partial charge in [0.05, 0.1) is 5.92 Å². The number of halogens is 1. The lowest BCUT2D eigenvalue weighted by Gasteiger charge is -2.24. The zero-order valence-corrected chi connectivity index (χ0v) is 10.5. The number of rotatable bonds is 2. The van der Waals surface area contributed by atoms with Crippen LogP contribution in [0.25, 0.3) is 0 Å². The number of carbonyl (C=O) groups excluding carboxylic acids is 1. The molecule has 1 atom stereocenters. The van der Waals surface area contributed by atoms with E-state index in [0.717, 1.165) is 22.9 Å². The molecule has 0 spiro atoms. The Balaban J connectivity index is 2.52. The largest absolute Gasteiger partial charge is 0.368 e. The first-order valence-corrected chi connectivity index (χ1v) is 5.94. The van der Waals surface area contributed by atoms with Crippen molar-refractivity contribution < 1.29 is 4.79 Å². The molecule has 15 heavy (non-hydrogen) atoms. The third-order valence-electron chi connectivity index (χ3n) is 2.89. The van der Waals surface area contributed by atoms with Crippen molar-refractivity contribution in [2.45, 2.75) is 25.8 Å². The van der Waals surface area contributed by atoms with Crippen molar-refractivity contribution in [2.75, 3.05) is 11.4 Å². The Morgan fingerprint density at radius 2 is 2.27 bits per heavy atom. The minimum Gasteiger partial charge on any atom is -0.368 e. The molecule has 1 aromatic rings. The predicted molar refractivity (Wildman–Crippen MR) is 65.4 cm³/mol. The van der Waals surface area contributed by atoms with E-state index in [-0.39, 0.29) is 5.92 Å². The van der Waals surface area contributed by atoms with Crippen molar-refractivity contribution in [1.82, 2.24) is 0 Å². The van der Waals surface area contributed by atoms with Gasteiger partial charge >= 0.3 is 0 Å². The molecule has 1 unspecified atom stereocenters. The van der Waals surface area contributed by atoms with Crippen molar-refractivity contribution in [3.63, 3.8) is 0 Å². The molecule has 2 nitrogen and oxygen atoms in total. The van der Waals surface area contributed by atoms with Crippen molar-refractivity contribution >= 4 is 27.9 Å². The van der Waals surface area contributed by atoms with Crippen molar-refractivity contribution in [2.24, 2.45) is 0 Å². The van der Waals surface area contributed by atoms with Crippen LogP contribution in [0.1, 0.15) is 25.3 Å². The molecule has 0 aromatic heterocycles. The van der Waals surface area contributed by atoms with Gasteiger partial charge in [-0.2, -0.15) is 0 Å². The van der Waals surface area contributed by atoms with E-state index in [2.05, 4.69) is 40.7 Å². The highest BCUT2D eigenvalue weighted by Gasteiger charge is 2.31. The molecule has 3 heteroatoms. The average molecular weight is 268 g/mol. The molecule has 0 bridgehead atoms. The Kier molecular flexibility index (Phi) is 2.83. The number of carbonyl (C=O) groups is 1. The molecule has 0 saturated heterocycles. The second kappa shape index (κ2) is 3.97. The summed E-state index contributed by atoms with van der Waals surface area (Å²) in [5, 5.41) is 0. The maximum atomic E-state index is 11.0. The van der Waals surface area contributed by atoms with Gasteiger partial charge in [0.15, 0.2) is 0 Å². The number of benzene rings is 1. The van der Waals surface area contributed by atoms with Crippen molar-refractivity contribution in [1.29, 1.82) is 0 Å². The van der Waals surface area contributed by atoms with Crippen LogP contribution in [0, 0.1) is 0 Å². The van der Waals surface area contributed by atoms with Crippen LogP contribution in [0.4, 0.5) is 5.69 Å². The van der Waals surface area contributed by atoms with E-state index >= 15 is 0 Å². The topological polar surface area (TPSA) is 20.3 Å². The number of nitrogens with zero attached hydrogens (tertiary/aromatic N) is 1. The fourth-order valence-electron chi connectivity index (χ4n) is 2.14. The summed E-state index contributed by atoms with van der Waals surface area (Å²) in [5.74, 6) is 0.0120. The van der Waals surface area contributed by atoms with Gasteiger partial charge in [0.25, 0.3) is 0 Å². The van der Waals surface area contributed by atoms with Gasteiger partial charge < -0.3 is 9.69 Å². The monoisotopic (exact) mass is 267 g/mol. The van der Waals surface area contributed by atoms with E-state index in [1.807, 2.05) is 12.1 Å². The Hall–Kier alpha value is -0.830. The summed E-state index contributed by atoms with van der Waals surface area (Å²) in [6, 6.07) is 6.54. The van der Waals surface area contributed by atoms with Crippen LogP contribution >= 0.6 is 15.9 Å². The van der Waals surface area contributed by atoms with E-state index in [9.17, 15) is 4.79 Å². The van der Waals surface area contributed by atoms with Gasteiger partial charge in [-0.15, -0.1) is 0 Å². The fourth-order valence-corrected chi connectivity index (χ4v) is 2.79. The Morgan fingerprint density at radius 1 is 1.53 bits per heavy atom. The van der Waals surface area contributed by atoms with Gasteiger partial charge in [0.2, 0.25) is 0 Å². The Bertz CT molecular complexity index is 389. The average Bonchev–Trinajstić information content (AvgIpc) is 2.58. The highest BCUT2D eigenvalue weighted by Crippen LogP contribution is 2.40. The zero-order valence-electron chi connectivity index (χ0n) is 8.90. The smallest absolute Gasteiger partial charge is 0.129 e. The van der Waals surface area contributed by atoms with Crippen LogP contribution in [-0.2, 0) is 4.79 Å². The highest BCUT2D eigenvalue weighted by atomic mass is 79.9. The summed E-state index contributed by atoms with van der Waals surface area (Å²) in [7, 11) is 0. The SMILES string of the molecule is CC(C)N1CC(C=O)c2c(Br)cccc21. The Labute approximate surface area is 98.4 Å². The standard InChI is InChI=1S/C12H14BrNO/c1-8(2)14-6-9(7-15)12-10(13)4-3-5-11(12)14/h3-5,7-9H,6H2,1-2H3. The number of fused-ring (bicyclic) bond motifs is 1. The molecule has 0 radical (unpaired) electrons. The molecule has 1 aliphatic heterocycles. The predicted octanol–water partition coefficient (Wildman–Crippen LogP) is 2.96. The van der Waals surface area contributed by atoms with Gasteiger partial charge in [-0.05, 0) is 26.0 Å². The van der Waals surface area contributed by atoms with Crippen LogP contribution in [0.5, 0.6) is 0 Å². The molecule has 2 rings (SSSR count). The first-order chi connectivity index (χ1) is 7.15. The third-order valence-corrected chi connectivity index (χ3v) is 3.58. The number of anilines is 1. The molecule has 80 valence electrons. The second-order valence-corrected chi connectivity index (χ2v) is 5.02. The molecule has 1 aromatic carbocycles. The second-order valence-electron chi connectivity index (χ2n) is 4.16. The summed E-state index contributed by atoms with van der Waals surface area (Å²) in [6.07, 6.45) is 1.05. The highest BCUT2D eigenvalue weighted by molar-refractivity contribution is 9.10. The first-order valence-electron chi connectivity index (χ1n) is 5.15. The first kappa shape index (κ1) is 10.7. The van der Waals surface area contributed by atoms with Crippen molar-refractivity contribution in [3.05, 3.63) is 28.2 Å². The van der Waals surface area contributed by atoms with E-state index in [1.165, 1.54) is 5.69 Å².